The second-order valence-corrected chi connectivity index (χ2v) is 4.15. The molecule has 1 amide bonds. The van der Waals surface area contributed by atoms with Crippen molar-refractivity contribution in [2.45, 2.75) is 32.8 Å². The third kappa shape index (κ3) is 10.3. The molecule has 0 fully saturated rings. The summed E-state index contributed by atoms with van der Waals surface area (Å²) in [6.45, 7) is 8.48. The second kappa shape index (κ2) is 10.5. The first-order valence-corrected chi connectivity index (χ1v) is 6.39. The molecule has 97 valence electrons. The lowest BCUT2D eigenvalue weighted by Crippen LogP contribution is -2.33. The highest BCUT2D eigenvalue weighted by molar-refractivity contribution is 7.80. The van der Waals surface area contributed by atoms with Crippen LogP contribution in [0.4, 0.5) is 4.79 Å². The molecule has 0 aromatic rings. The van der Waals surface area contributed by atoms with Crippen molar-refractivity contribution in [3.63, 3.8) is 0 Å². The lowest BCUT2D eigenvalue weighted by molar-refractivity contribution is 0.0796. The van der Waals surface area contributed by atoms with Gasteiger partial charge in [0.05, 0.1) is 6.61 Å². The predicted octanol–water partition coefficient (Wildman–Crippen LogP) is 1.98. The van der Waals surface area contributed by atoms with Crippen LogP contribution in [0.1, 0.15) is 26.7 Å². The van der Waals surface area contributed by atoms with Crippen molar-refractivity contribution >= 4 is 26.2 Å². The number of allylic oxidation sites excluding steroid dienone is 1. The Bertz CT molecular complexity index is 239. The summed E-state index contributed by atoms with van der Waals surface area (Å²) in [5.41, 5.74) is 0.815. The molecular weight excluding hydrogens is 237 g/mol. The normalized spacial score (nSPS) is 11.7. The smallest absolute Gasteiger partial charge is 0.407 e. The van der Waals surface area contributed by atoms with Gasteiger partial charge < -0.3 is 14.7 Å². The summed E-state index contributed by atoms with van der Waals surface area (Å²) in [6.07, 6.45) is 1.21. The molecule has 6 heteroatoms. The van der Waals surface area contributed by atoms with Crippen molar-refractivity contribution < 1.29 is 14.2 Å². The molecule has 4 nitrogen and oxygen atoms in total. The van der Waals surface area contributed by atoms with Gasteiger partial charge in [-0.3, -0.25) is 0 Å². The average molecular weight is 258 g/mol. The van der Waals surface area contributed by atoms with Gasteiger partial charge in [0.2, 0.25) is 0 Å². The molecule has 1 N–H and O–H groups in total. The SMILES string of the molecule is C=C(C)[B]OCC(CS)OC(=O)NCCCC. The Balaban J connectivity index is 3.71. The number of rotatable bonds is 9. The Morgan fingerprint density at radius 3 is 2.82 bits per heavy atom. The van der Waals surface area contributed by atoms with E-state index >= 15 is 0 Å². The maximum atomic E-state index is 11.3. The molecule has 0 heterocycles. The van der Waals surface area contributed by atoms with Crippen LogP contribution < -0.4 is 5.32 Å². The molecule has 0 aromatic heterocycles. The molecule has 0 aromatic carbocycles. The van der Waals surface area contributed by atoms with Gasteiger partial charge in [-0.25, -0.2) is 4.79 Å². The van der Waals surface area contributed by atoms with E-state index in [4.69, 9.17) is 9.39 Å². The van der Waals surface area contributed by atoms with Gasteiger partial charge in [0.15, 0.2) is 0 Å². The summed E-state index contributed by atoms with van der Waals surface area (Å²) < 4.78 is 10.3. The van der Waals surface area contributed by atoms with Gasteiger partial charge >= 0.3 is 13.6 Å². The van der Waals surface area contributed by atoms with Crippen LogP contribution in [0.5, 0.6) is 0 Å². The lowest BCUT2D eigenvalue weighted by Gasteiger charge is -2.16. The van der Waals surface area contributed by atoms with Crippen molar-refractivity contribution in [3.05, 3.63) is 12.1 Å². The van der Waals surface area contributed by atoms with Crippen LogP contribution in [0.25, 0.3) is 0 Å². The largest absolute Gasteiger partial charge is 0.443 e. The molecule has 0 aliphatic rings. The van der Waals surface area contributed by atoms with Crippen molar-refractivity contribution in [1.29, 1.82) is 0 Å². The zero-order valence-corrected chi connectivity index (χ0v) is 11.5. The van der Waals surface area contributed by atoms with E-state index in [0.29, 0.717) is 12.3 Å². The van der Waals surface area contributed by atoms with Crippen molar-refractivity contribution in [3.8, 4) is 0 Å². The fourth-order valence-corrected chi connectivity index (χ4v) is 1.16. The highest BCUT2D eigenvalue weighted by Crippen LogP contribution is 1.98. The molecule has 0 saturated carbocycles. The van der Waals surface area contributed by atoms with Crippen LogP contribution in [0.15, 0.2) is 12.1 Å². The van der Waals surface area contributed by atoms with E-state index in [1.54, 1.807) is 0 Å². The Morgan fingerprint density at radius 2 is 2.29 bits per heavy atom. The number of alkyl carbamates (subject to hydrolysis) is 1. The summed E-state index contributed by atoms with van der Waals surface area (Å²) in [6, 6.07) is 0. The Morgan fingerprint density at radius 1 is 1.59 bits per heavy atom. The molecule has 0 bridgehead atoms. The summed E-state index contributed by atoms with van der Waals surface area (Å²) >= 11 is 4.10. The summed E-state index contributed by atoms with van der Waals surface area (Å²) in [5.74, 6) is 0.422. The van der Waals surface area contributed by atoms with E-state index in [1.165, 1.54) is 7.48 Å². The van der Waals surface area contributed by atoms with Gasteiger partial charge in [-0.15, -0.1) is 6.58 Å². The quantitative estimate of drug-likeness (QED) is 0.377. The molecular formula is C11H21BNO3S. The highest BCUT2D eigenvalue weighted by Gasteiger charge is 2.12. The number of carbonyl (C=O) groups excluding carboxylic acids is 1. The third-order valence-electron chi connectivity index (χ3n) is 1.84. The first-order chi connectivity index (χ1) is 8.10. The fraction of sp³-hybridized carbons (Fsp3) is 0.727. The number of ether oxygens (including phenoxy) is 1. The molecule has 1 radical (unpaired) electrons. The van der Waals surface area contributed by atoms with Crippen LogP contribution in [-0.2, 0) is 9.39 Å². The number of nitrogens with one attached hydrogen (secondary N) is 1. The standard InChI is InChI=1S/C11H21BNO3S/c1-4-5-6-13-11(14)16-10(8-17)7-15-12-9(2)3/h10,17H,2,4-8H2,1,3H3,(H,13,14). The van der Waals surface area contributed by atoms with Crippen LogP contribution >= 0.6 is 12.6 Å². The van der Waals surface area contributed by atoms with E-state index in [0.717, 1.165) is 18.3 Å². The fourth-order valence-electron chi connectivity index (χ4n) is 0.982. The number of unbranched alkanes of at least 4 members (excludes halogenated alkanes) is 1. The minimum absolute atomic E-state index is 0.289. The lowest BCUT2D eigenvalue weighted by atomic mass is 9.91. The van der Waals surface area contributed by atoms with E-state index in [9.17, 15) is 4.79 Å². The number of hydrogen-bond acceptors (Lipinski definition) is 4. The molecule has 0 aliphatic carbocycles. The van der Waals surface area contributed by atoms with Gasteiger partial charge in [-0.05, 0) is 6.42 Å². The second-order valence-electron chi connectivity index (χ2n) is 3.79. The first kappa shape index (κ1) is 16.4. The van der Waals surface area contributed by atoms with Crippen LogP contribution in [0, 0.1) is 0 Å². The van der Waals surface area contributed by atoms with E-state index in [2.05, 4.69) is 31.4 Å². The molecule has 0 saturated heterocycles. The van der Waals surface area contributed by atoms with Gasteiger partial charge in [0.25, 0.3) is 0 Å². The predicted molar refractivity (Wildman–Crippen MR) is 73.6 cm³/mol. The molecule has 0 rings (SSSR count). The topological polar surface area (TPSA) is 47.6 Å². The van der Waals surface area contributed by atoms with Gasteiger partial charge in [0, 0.05) is 12.3 Å². The maximum Gasteiger partial charge on any atom is 0.407 e. The minimum atomic E-state index is -0.420. The summed E-state index contributed by atoms with van der Waals surface area (Å²) in [5, 5.41) is 2.67. The first-order valence-electron chi connectivity index (χ1n) is 5.75. The van der Waals surface area contributed by atoms with Crippen LogP contribution in [0.2, 0.25) is 0 Å². The zero-order chi connectivity index (χ0) is 13.1. The van der Waals surface area contributed by atoms with Crippen molar-refractivity contribution in [2.75, 3.05) is 18.9 Å². The summed E-state index contributed by atoms with van der Waals surface area (Å²) in [7, 11) is 1.54. The highest BCUT2D eigenvalue weighted by atomic mass is 32.1. The zero-order valence-electron chi connectivity index (χ0n) is 10.6. The van der Waals surface area contributed by atoms with Crippen molar-refractivity contribution in [1.82, 2.24) is 5.32 Å². The minimum Gasteiger partial charge on any atom is -0.443 e. The number of thiol groups is 1. The van der Waals surface area contributed by atoms with E-state index in [1.807, 2.05) is 6.92 Å². The van der Waals surface area contributed by atoms with E-state index < -0.39 is 6.09 Å². The van der Waals surface area contributed by atoms with Gasteiger partial charge in [-0.2, -0.15) is 12.6 Å². The van der Waals surface area contributed by atoms with Gasteiger partial charge in [-0.1, -0.05) is 25.7 Å². The Labute approximate surface area is 110 Å². The number of carbonyl (C=O) groups is 1. The number of amides is 1. The van der Waals surface area contributed by atoms with Crippen molar-refractivity contribution in [2.24, 2.45) is 0 Å². The molecule has 0 aliphatic heterocycles. The maximum absolute atomic E-state index is 11.3. The monoisotopic (exact) mass is 258 g/mol. The van der Waals surface area contributed by atoms with E-state index in [-0.39, 0.29) is 12.7 Å². The molecule has 0 spiro atoms. The average Bonchev–Trinajstić information content (AvgIpc) is 2.27. The Hall–Kier alpha value is -0.615. The number of hydrogen-bond donors (Lipinski definition) is 2. The molecule has 17 heavy (non-hydrogen) atoms. The molecule has 1 atom stereocenters. The summed E-state index contributed by atoms with van der Waals surface area (Å²) in [4.78, 5) is 11.3. The van der Waals surface area contributed by atoms with Crippen LogP contribution in [0.3, 0.4) is 0 Å². The van der Waals surface area contributed by atoms with Crippen LogP contribution in [-0.4, -0.2) is 38.6 Å². The molecule has 1 unspecified atom stereocenters. The third-order valence-corrected chi connectivity index (χ3v) is 2.25. The van der Waals surface area contributed by atoms with Gasteiger partial charge in [0.1, 0.15) is 6.10 Å². The Kier molecular flexibility index (Phi) is 10.2.